The summed E-state index contributed by atoms with van der Waals surface area (Å²) in [5.41, 5.74) is 9.56. The number of anilines is 1. The first-order valence-corrected chi connectivity index (χ1v) is 6.49. The van der Waals surface area contributed by atoms with Gasteiger partial charge in [0.2, 0.25) is 0 Å². The van der Waals surface area contributed by atoms with Gasteiger partial charge in [0.1, 0.15) is 11.5 Å². The normalized spacial score (nSPS) is 11.6. The molecule has 0 aliphatic rings. The zero-order chi connectivity index (χ0) is 12.5. The minimum absolute atomic E-state index is 0.664. The Morgan fingerprint density at radius 3 is 3.06 bits per heavy atom. The largest absolute Gasteiger partial charge is 0.383 e. The molecule has 0 bridgehead atoms. The first kappa shape index (κ1) is 11.0. The van der Waals surface area contributed by atoms with E-state index >= 15 is 0 Å². The van der Waals surface area contributed by atoms with E-state index in [1.165, 1.54) is 5.56 Å². The number of aromatic nitrogens is 3. The second-order valence-electron chi connectivity index (χ2n) is 3.98. The predicted molar refractivity (Wildman–Crippen MR) is 75.4 cm³/mol. The lowest BCUT2D eigenvalue weighted by Crippen LogP contribution is -1.95. The van der Waals surface area contributed by atoms with Crippen LogP contribution < -0.4 is 5.73 Å². The Labute approximate surface area is 108 Å². The van der Waals surface area contributed by atoms with E-state index in [1.807, 2.05) is 35.1 Å². The second kappa shape index (κ2) is 4.27. The maximum absolute atomic E-state index is 5.95. The van der Waals surface area contributed by atoms with Gasteiger partial charge in [-0.2, -0.15) is 11.3 Å². The first-order chi connectivity index (χ1) is 8.75. The fraction of sp³-hybridized carbons (Fsp3) is 0.0769. The van der Waals surface area contributed by atoms with Crippen LogP contribution >= 0.6 is 11.3 Å². The van der Waals surface area contributed by atoms with Crippen molar-refractivity contribution in [2.24, 2.45) is 0 Å². The van der Waals surface area contributed by atoms with Crippen LogP contribution in [0.1, 0.15) is 17.0 Å². The molecule has 0 aliphatic carbocycles. The molecule has 3 aromatic heterocycles. The summed E-state index contributed by atoms with van der Waals surface area (Å²) in [6, 6.07) is 2.06. The third-order valence-electron chi connectivity index (χ3n) is 2.77. The molecule has 3 rings (SSSR count). The van der Waals surface area contributed by atoms with E-state index in [9.17, 15) is 0 Å². The van der Waals surface area contributed by atoms with Crippen LogP contribution in [0.4, 0.5) is 5.82 Å². The van der Waals surface area contributed by atoms with Gasteiger partial charge >= 0.3 is 0 Å². The highest BCUT2D eigenvalue weighted by Gasteiger charge is 2.07. The number of nitrogens with two attached hydrogens (primary N) is 1. The van der Waals surface area contributed by atoms with E-state index in [-0.39, 0.29) is 0 Å². The Morgan fingerprint density at radius 2 is 2.28 bits per heavy atom. The minimum Gasteiger partial charge on any atom is -0.383 e. The van der Waals surface area contributed by atoms with Gasteiger partial charge in [0.15, 0.2) is 5.65 Å². The number of rotatable bonds is 2. The third-order valence-corrected chi connectivity index (χ3v) is 3.47. The first-order valence-electron chi connectivity index (χ1n) is 5.55. The van der Waals surface area contributed by atoms with Crippen molar-refractivity contribution in [2.75, 3.05) is 5.73 Å². The molecule has 3 aromatic rings. The number of thiophene rings is 1. The van der Waals surface area contributed by atoms with Gasteiger partial charge in [0.05, 0.1) is 5.69 Å². The molecule has 2 N–H and O–H groups in total. The topological polar surface area (TPSA) is 56.2 Å². The molecule has 18 heavy (non-hydrogen) atoms. The van der Waals surface area contributed by atoms with Crippen molar-refractivity contribution in [3.05, 3.63) is 46.2 Å². The van der Waals surface area contributed by atoms with Crippen molar-refractivity contribution in [3.63, 3.8) is 0 Å². The maximum atomic E-state index is 5.95. The summed E-state index contributed by atoms with van der Waals surface area (Å²) in [4.78, 5) is 8.78. The summed E-state index contributed by atoms with van der Waals surface area (Å²) in [5.74, 6) is 0.664. The quantitative estimate of drug-likeness (QED) is 0.767. The molecule has 0 unspecified atom stereocenters. The van der Waals surface area contributed by atoms with Crippen LogP contribution in [0.25, 0.3) is 17.8 Å². The average molecular weight is 256 g/mol. The van der Waals surface area contributed by atoms with Crippen molar-refractivity contribution in [1.82, 2.24) is 14.4 Å². The Bertz CT molecular complexity index is 710. The lowest BCUT2D eigenvalue weighted by atomic mass is 10.3. The molecule has 0 aliphatic heterocycles. The smallest absolute Gasteiger partial charge is 0.164 e. The number of hydrogen-bond donors (Lipinski definition) is 1. The predicted octanol–water partition coefficient (Wildman–Crippen LogP) is 2.85. The highest BCUT2D eigenvalue weighted by atomic mass is 32.1. The van der Waals surface area contributed by atoms with Crippen LogP contribution in [0.15, 0.2) is 29.2 Å². The Balaban J connectivity index is 2.10. The van der Waals surface area contributed by atoms with E-state index in [0.717, 1.165) is 17.0 Å². The number of aryl methyl sites for hydroxylation is 1. The SMILES string of the molecule is Cc1nc2c(C=Cc3ccsc3)nccn2c1N. The van der Waals surface area contributed by atoms with Gasteiger partial charge in [-0.05, 0) is 35.4 Å². The van der Waals surface area contributed by atoms with Crippen LogP contribution in [0.2, 0.25) is 0 Å². The van der Waals surface area contributed by atoms with Gasteiger partial charge in [-0.1, -0.05) is 6.08 Å². The number of nitrogens with zero attached hydrogens (tertiary/aromatic N) is 3. The summed E-state index contributed by atoms with van der Waals surface area (Å²) in [7, 11) is 0. The molecule has 5 heteroatoms. The average Bonchev–Trinajstić information content (AvgIpc) is 2.98. The summed E-state index contributed by atoms with van der Waals surface area (Å²) in [6.45, 7) is 1.90. The van der Waals surface area contributed by atoms with Crippen molar-refractivity contribution in [3.8, 4) is 0 Å². The number of nitrogen functional groups attached to an aromatic ring is 1. The zero-order valence-corrected chi connectivity index (χ0v) is 10.7. The molecular weight excluding hydrogens is 244 g/mol. The second-order valence-corrected chi connectivity index (χ2v) is 4.76. The van der Waals surface area contributed by atoms with E-state index < -0.39 is 0 Å². The van der Waals surface area contributed by atoms with Gasteiger partial charge in [-0.15, -0.1) is 0 Å². The number of hydrogen-bond acceptors (Lipinski definition) is 4. The molecule has 90 valence electrons. The van der Waals surface area contributed by atoms with Gasteiger partial charge in [-0.3, -0.25) is 9.38 Å². The fourth-order valence-electron chi connectivity index (χ4n) is 1.79. The summed E-state index contributed by atoms with van der Waals surface area (Å²) in [5, 5.41) is 4.13. The number of fused-ring (bicyclic) bond motifs is 1. The summed E-state index contributed by atoms with van der Waals surface area (Å²) < 4.78 is 1.86. The van der Waals surface area contributed by atoms with Gasteiger partial charge in [-0.25, -0.2) is 4.98 Å². The van der Waals surface area contributed by atoms with Gasteiger partial charge in [0, 0.05) is 12.4 Å². The highest BCUT2D eigenvalue weighted by Crippen LogP contribution is 2.18. The molecule has 4 nitrogen and oxygen atoms in total. The standard InChI is InChI=1S/C13H12N4S/c1-9-12(14)17-6-5-15-11(13(17)16-9)3-2-10-4-7-18-8-10/h2-8H,14H2,1H3. The fourth-order valence-corrected chi connectivity index (χ4v) is 2.42. The zero-order valence-electron chi connectivity index (χ0n) is 9.87. The van der Waals surface area contributed by atoms with Crippen molar-refractivity contribution >= 4 is 35.0 Å². The molecular formula is C13H12N4S. The van der Waals surface area contributed by atoms with Crippen LogP contribution in [0.5, 0.6) is 0 Å². The van der Waals surface area contributed by atoms with E-state index in [1.54, 1.807) is 17.5 Å². The van der Waals surface area contributed by atoms with Gasteiger partial charge in [0.25, 0.3) is 0 Å². The van der Waals surface area contributed by atoms with Gasteiger partial charge < -0.3 is 5.73 Å². The Kier molecular flexibility index (Phi) is 2.60. The molecule has 0 aromatic carbocycles. The third kappa shape index (κ3) is 1.78. The van der Waals surface area contributed by atoms with E-state index in [4.69, 9.17) is 5.73 Å². The maximum Gasteiger partial charge on any atom is 0.164 e. The molecule has 0 radical (unpaired) electrons. The monoisotopic (exact) mass is 256 g/mol. The molecule has 0 saturated carbocycles. The van der Waals surface area contributed by atoms with Crippen LogP contribution in [0, 0.1) is 6.92 Å². The number of imidazole rings is 1. The van der Waals surface area contributed by atoms with Crippen LogP contribution in [0.3, 0.4) is 0 Å². The molecule has 0 saturated heterocycles. The van der Waals surface area contributed by atoms with Crippen LogP contribution in [-0.2, 0) is 0 Å². The van der Waals surface area contributed by atoms with Crippen LogP contribution in [-0.4, -0.2) is 14.4 Å². The molecule has 0 spiro atoms. The molecule has 3 heterocycles. The van der Waals surface area contributed by atoms with E-state index in [0.29, 0.717) is 5.82 Å². The molecule has 0 fully saturated rings. The molecule has 0 atom stereocenters. The summed E-state index contributed by atoms with van der Waals surface area (Å²) in [6.07, 6.45) is 7.55. The lowest BCUT2D eigenvalue weighted by molar-refractivity contribution is 1.12. The molecule has 0 amide bonds. The van der Waals surface area contributed by atoms with Crippen molar-refractivity contribution in [2.45, 2.75) is 6.92 Å². The lowest BCUT2D eigenvalue weighted by Gasteiger charge is -1.98. The Morgan fingerprint density at radius 1 is 1.39 bits per heavy atom. The van der Waals surface area contributed by atoms with E-state index in [2.05, 4.69) is 21.4 Å². The highest BCUT2D eigenvalue weighted by molar-refractivity contribution is 7.08. The van der Waals surface area contributed by atoms with Crippen molar-refractivity contribution in [1.29, 1.82) is 0 Å². The Hall–Kier alpha value is -2.14. The minimum atomic E-state index is 0.664. The van der Waals surface area contributed by atoms with Crippen molar-refractivity contribution < 1.29 is 0 Å². The summed E-state index contributed by atoms with van der Waals surface area (Å²) >= 11 is 1.67.